The number of Topliss-reactive ketones (excluding diaryl/α,β-unsaturated/α-hetero) is 1. The molecule has 118 valence electrons. The smallest absolute Gasteiger partial charge is 0.331 e. The van der Waals surface area contributed by atoms with Gasteiger partial charge in [-0.05, 0) is 25.1 Å². The van der Waals surface area contributed by atoms with Crippen molar-refractivity contribution in [1.29, 1.82) is 0 Å². The summed E-state index contributed by atoms with van der Waals surface area (Å²) >= 11 is 5.85. The zero-order valence-electron chi connectivity index (χ0n) is 12.3. The van der Waals surface area contributed by atoms with Crippen molar-refractivity contribution in [1.82, 2.24) is 0 Å². The molecule has 2 rings (SSSR count). The van der Waals surface area contributed by atoms with Crippen molar-refractivity contribution in [2.45, 2.75) is 13.0 Å². The first-order chi connectivity index (χ1) is 11.0. The molecule has 1 unspecified atom stereocenters. The van der Waals surface area contributed by atoms with Crippen LogP contribution < -0.4 is 0 Å². The molecule has 0 aliphatic heterocycles. The van der Waals surface area contributed by atoms with Gasteiger partial charge in [-0.15, -0.1) is 0 Å². The molecule has 1 atom stereocenters. The van der Waals surface area contributed by atoms with Gasteiger partial charge in [-0.2, -0.15) is 0 Å². The van der Waals surface area contributed by atoms with Gasteiger partial charge in [0.05, 0.1) is 5.02 Å². The minimum atomic E-state index is -0.939. The zero-order valence-corrected chi connectivity index (χ0v) is 13.1. The number of ketones is 1. The molecule has 0 amide bonds. The van der Waals surface area contributed by atoms with E-state index >= 15 is 0 Å². The van der Waals surface area contributed by atoms with Crippen LogP contribution in [0.15, 0.2) is 54.6 Å². The standard InChI is InChI=1S/C18H14ClFO3/c1-12(18(22)13-6-3-2-4-7-13)23-17(21)11-10-14-15(19)8-5-9-16(14)20/h2-12H,1H3/b11-10+. The molecule has 23 heavy (non-hydrogen) atoms. The summed E-state index contributed by atoms with van der Waals surface area (Å²) in [7, 11) is 0. The molecule has 5 heteroatoms. The largest absolute Gasteiger partial charge is 0.451 e. The Kier molecular flexibility index (Phi) is 5.66. The summed E-state index contributed by atoms with van der Waals surface area (Å²) in [6.07, 6.45) is 1.32. The highest BCUT2D eigenvalue weighted by Crippen LogP contribution is 2.20. The van der Waals surface area contributed by atoms with E-state index in [9.17, 15) is 14.0 Å². The Morgan fingerprint density at radius 2 is 1.83 bits per heavy atom. The second-order valence-corrected chi connectivity index (χ2v) is 5.19. The average molecular weight is 333 g/mol. The second-order valence-electron chi connectivity index (χ2n) is 4.78. The summed E-state index contributed by atoms with van der Waals surface area (Å²) < 4.78 is 18.6. The van der Waals surface area contributed by atoms with Crippen molar-refractivity contribution in [2.75, 3.05) is 0 Å². The molecule has 0 aliphatic carbocycles. The SMILES string of the molecule is CC(OC(=O)/C=C/c1c(F)cccc1Cl)C(=O)c1ccccc1. The van der Waals surface area contributed by atoms with Crippen LogP contribution in [0.5, 0.6) is 0 Å². The van der Waals surface area contributed by atoms with Crippen LogP contribution in [0.4, 0.5) is 4.39 Å². The first-order valence-corrected chi connectivity index (χ1v) is 7.29. The number of ether oxygens (including phenoxy) is 1. The van der Waals surface area contributed by atoms with Gasteiger partial charge in [-0.25, -0.2) is 9.18 Å². The molecule has 0 radical (unpaired) electrons. The Balaban J connectivity index is 2.02. The Labute approximate surface area is 138 Å². The van der Waals surface area contributed by atoms with Crippen molar-refractivity contribution < 1.29 is 18.7 Å². The minimum Gasteiger partial charge on any atom is -0.451 e. The van der Waals surface area contributed by atoms with Gasteiger partial charge in [-0.3, -0.25) is 4.79 Å². The number of carbonyl (C=O) groups is 2. The highest BCUT2D eigenvalue weighted by molar-refractivity contribution is 6.32. The second kappa shape index (κ2) is 7.70. The third-order valence-electron chi connectivity index (χ3n) is 3.11. The third-order valence-corrected chi connectivity index (χ3v) is 3.44. The van der Waals surface area contributed by atoms with Gasteiger partial charge in [0.1, 0.15) is 5.82 Å². The molecule has 2 aromatic rings. The van der Waals surface area contributed by atoms with E-state index in [-0.39, 0.29) is 16.4 Å². The summed E-state index contributed by atoms with van der Waals surface area (Å²) in [4.78, 5) is 23.8. The van der Waals surface area contributed by atoms with Gasteiger partial charge >= 0.3 is 5.97 Å². The van der Waals surface area contributed by atoms with Crippen LogP contribution in [-0.2, 0) is 9.53 Å². The first-order valence-electron chi connectivity index (χ1n) is 6.91. The maximum absolute atomic E-state index is 13.6. The fourth-order valence-electron chi connectivity index (χ4n) is 1.93. The Bertz CT molecular complexity index is 721. The lowest BCUT2D eigenvalue weighted by molar-refractivity contribution is -0.140. The van der Waals surface area contributed by atoms with Gasteiger partial charge in [0.2, 0.25) is 5.78 Å². The van der Waals surface area contributed by atoms with Crippen molar-refractivity contribution in [3.8, 4) is 0 Å². The molecule has 0 saturated carbocycles. The van der Waals surface area contributed by atoms with E-state index in [0.29, 0.717) is 5.56 Å². The van der Waals surface area contributed by atoms with Crippen LogP contribution in [0.2, 0.25) is 5.02 Å². The molecule has 2 aromatic carbocycles. The monoisotopic (exact) mass is 332 g/mol. The predicted octanol–water partition coefficient (Wildman–Crippen LogP) is 4.31. The van der Waals surface area contributed by atoms with Crippen molar-refractivity contribution >= 4 is 29.4 Å². The van der Waals surface area contributed by atoms with E-state index in [0.717, 1.165) is 6.08 Å². The molecule has 0 N–H and O–H groups in total. The number of carbonyl (C=O) groups excluding carboxylic acids is 2. The summed E-state index contributed by atoms with van der Waals surface area (Å²) in [5.41, 5.74) is 0.544. The van der Waals surface area contributed by atoms with Crippen LogP contribution in [0.1, 0.15) is 22.8 Å². The quantitative estimate of drug-likeness (QED) is 0.465. The van der Waals surface area contributed by atoms with Crippen LogP contribution in [0, 0.1) is 5.82 Å². The maximum Gasteiger partial charge on any atom is 0.331 e. The molecule has 0 aliphatic rings. The van der Waals surface area contributed by atoms with Crippen LogP contribution in [0.25, 0.3) is 6.08 Å². The van der Waals surface area contributed by atoms with Crippen LogP contribution in [-0.4, -0.2) is 17.9 Å². The normalized spacial score (nSPS) is 12.1. The van der Waals surface area contributed by atoms with Crippen LogP contribution >= 0.6 is 11.6 Å². The minimum absolute atomic E-state index is 0.0909. The Morgan fingerprint density at radius 1 is 1.13 bits per heavy atom. The summed E-state index contributed by atoms with van der Waals surface area (Å²) in [5, 5.41) is 0.183. The van der Waals surface area contributed by atoms with Crippen LogP contribution in [0.3, 0.4) is 0 Å². The number of hydrogen-bond acceptors (Lipinski definition) is 3. The lowest BCUT2D eigenvalue weighted by Gasteiger charge is -2.10. The number of halogens is 2. The van der Waals surface area contributed by atoms with E-state index in [2.05, 4.69) is 0 Å². The molecule has 0 fully saturated rings. The summed E-state index contributed by atoms with van der Waals surface area (Å²) in [6, 6.07) is 12.7. The highest BCUT2D eigenvalue weighted by Gasteiger charge is 2.18. The van der Waals surface area contributed by atoms with Gasteiger partial charge in [-0.1, -0.05) is 48.0 Å². The molecule has 0 heterocycles. The van der Waals surface area contributed by atoms with E-state index < -0.39 is 17.9 Å². The molecular weight excluding hydrogens is 319 g/mol. The predicted molar refractivity (Wildman–Crippen MR) is 86.8 cm³/mol. The van der Waals surface area contributed by atoms with E-state index in [1.165, 1.54) is 31.2 Å². The fraction of sp³-hybridized carbons (Fsp3) is 0.111. The lowest BCUT2D eigenvalue weighted by Crippen LogP contribution is -2.23. The third kappa shape index (κ3) is 4.50. The fourth-order valence-corrected chi connectivity index (χ4v) is 2.15. The molecule has 0 saturated heterocycles. The molecule has 0 bridgehead atoms. The average Bonchev–Trinajstić information content (AvgIpc) is 2.54. The maximum atomic E-state index is 13.6. The molecule has 0 aromatic heterocycles. The van der Waals surface area contributed by atoms with Crippen molar-refractivity contribution in [2.24, 2.45) is 0 Å². The highest BCUT2D eigenvalue weighted by atomic mass is 35.5. The molecule has 3 nitrogen and oxygen atoms in total. The Hall–Kier alpha value is -2.46. The summed E-state index contributed by atoms with van der Waals surface area (Å²) in [6.45, 7) is 1.48. The van der Waals surface area contributed by atoms with Crippen molar-refractivity contribution in [3.05, 3.63) is 76.6 Å². The Morgan fingerprint density at radius 3 is 2.48 bits per heavy atom. The van der Waals surface area contributed by atoms with Gasteiger partial charge in [0.25, 0.3) is 0 Å². The van der Waals surface area contributed by atoms with Crippen molar-refractivity contribution in [3.63, 3.8) is 0 Å². The number of rotatable bonds is 5. The lowest BCUT2D eigenvalue weighted by atomic mass is 10.1. The first kappa shape index (κ1) is 16.9. The van der Waals surface area contributed by atoms with E-state index in [4.69, 9.17) is 16.3 Å². The molecule has 0 spiro atoms. The van der Waals surface area contributed by atoms with E-state index in [1.807, 2.05) is 0 Å². The number of hydrogen-bond donors (Lipinski definition) is 0. The van der Waals surface area contributed by atoms with Gasteiger partial charge < -0.3 is 4.74 Å². The zero-order chi connectivity index (χ0) is 16.8. The molecular formula is C18H14ClFO3. The van der Waals surface area contributed by atoms with Gasteiger partial charge in [0.15, 0.2) is 6.10 Å². The number of esters is 1. The summed E-state index contributed by atoms with van der Waals surface area (Å²) in [5.74, 6) is -1.60. The van der Waals surface area contributed by atoms with Gasteiger partial charge in [0, 0.05) is 17.2 Å². The van der Waals surface area contributed by atoms with E-state index in [1.54, 1.807) is 30.3 Å². The topological polar surface area (TPSA) is 43.4 Å². The number of benzene rings is 2.